The quantitative estimate of drug-likeness (QED) is 0.845. The van der Waals surface area contributed by atoms with Gasteiger partial charge in [0.15, 0.2) is 5.82 Å². The van der Waals surface area contributed by atoms with E-state index in [2.05, 4.69) is 22.2 Å². The van der Waals surface area contributed by atoms with Crippen molar-refractivity contribution in [2.75, 3.05) is 26.2 Å². The van der Waals surface area contributed by atoms with Gasteiger partial charge in [-0.1, -0.05) is 6.92 Å². The van der Waals surface area contributed by atoms with Crippen LogP contribution in [0.3, 0.4) is 0 Å². The lowest BCUT2D eigenvalue weighted by Gasteiger charge is -2.22. The molecule has 1 fully saturated rings. The van der Waals surface area contributed by atoms with Crippen molar-refractivity contribution in [1.29, 1.82) is 0 Å². The van der Waals surface area contributed by atoms with Crippen molar-refractivity contribution in [2.24, 2.45) is 11.1 Å². The highest BCUT2D eigenvalue weighted by atomic mass is 35.5. The molecule has 3 heterocycles. The van der Waals surface area contributed by atoms with E-state index in [1.54, 1.807) is 23.0 Å². The van der Waals surface area contributed by atoms with Crippen molar-refractivity contribution in [2.45, 2.75) is 27.2 Å². The Morgan fingerprint density at radius 1 is 1.38 bits per heavy atom. The van der Waals surface area contributed by atoms with Crippen molar-refractivity contribution in [3.63, 3.8) is 0 Å². The maximum atomic E-state index is 12.8. The van der Waals surface area contributed by atoms with Gasteiger partial charge in [-0.3, -0.25) is 4.79 Å². The number of hydrogen-bond acceptors (Lipinski definition) is 6. The third-order valence-corrected chi connectivity index (χ3v) is 4.71. The Morgan fingerprint density at radius 3 is 2.73 bits per heavy atom. The lowest BCUT2D eigenvalue weighted by molar-refractivity contribution is 0.0776. The number of carbonyl (C=O) groups excluding carboxylic acids is 1. The van der Waals surface area contributed by atoms with Crippen molar-refractivity contribution in [1.82, 2.24) is 24.9 Å². The molecule has 1 aliphatic rings. The number of carbonyl (C=O) groups is 1. The van der Waals surface area contributed by atoms with Crippen molar-refractivity contribution in [3.8, 4) is 11.7 Å². The predicted molar refractivity (Wildman–Crippen MR) is 100.0 cm³/mol. The highest BCUT2D eigenvalue weighted by molar-refractivity contribution is 5.95. The van der Waals surface area contributed by atoms with E-state index in [0.29, 0.717) is 37.0 Å². The molecule has 142 valence electrons. The summed E-state index contributed by atoms with van der Waals surface area (Å²) in [6.07, 6.45) is 2.51. The lowest BCUT2D eigenvalue weighted by atomic mass is 9.90. The minimum Gasteiger partial charge on any atom is -0.477 e. The van der Waals surface area contributed by atoms with Gasteiger partial charge in [-0.25, -0.2) is 4.68 Å². The van der Waals surface area contributed by atoms with Gasteiger partial charge in [0, 0.05) is 19.2 Å². The Labute approximate surface area is 159 Å². The van der Waals surface area contributed by atoms with E-state index in [0.717, 1.165) is 18.7 Å². The molecule has 0 saturated carbocycles. The van der Waals surface area contributed by atoms with E-state index >= 15 is 0 Å². The van der Waals surface area contributed by atoms with Crippen LogP contribution < -0.4 is 10.5 Å². The maximum absolute atomic E-state index is 12.8. The molecule has 0 aromatic carbocycles. The molecule has 1 amide bonds. The number of amides is 1. The molecular weight excluding hydrogens is 356 g/mol. The van der Waals surface area contributed by atoms with Gasteiger partial charge in [-0.15, -0.1) is 22.6 Å². The third-order valence-electron chi connectivity index (χ3n) is 4.71. The zero-order valence-electron chi connectivity index (χ0n) is 15.3. The van der Waals surface area contributed by atoms with Gasteiger partial charge in [0.05, 0.1) is 24.1 Å². The molecule has 0 spiro atoms. The molecule has 26 heavy (non-hydrogen) atoms. The Balaban J connectivity index is 0.00000243. The van der Waals surface area contributed by atoms with E-state index in [9.17, 15) is 4.79 Å². The fourth-order valence-corrected chi connectivity index (χ4v) is 3.04. The van der Waals surface area contributed by atoms with Crippen molar-refractivity contribution in [3.05, 3.63) is 29.6 Å². The second-order valence-electron chi connectivity index (χ2n) is 6.71. The molecule has 0 aliphatic carbocycles. The highest BCUT2D eigenvalue weighted by Crippen LogP contribution is 2.30. The zero-order valence-corrected chi connectivity index (χ0v) is 16.1. The summed E-state index contributed by atoms with van der Waals surface area (Å²) in [5, 5.41) is 12.4. The van der Waals surface area contributed by atoms with Gasteiger partial charge in [0.25, 0.3) is 5.91 Å². The summed E-state index contributed by atoms with van der Waals surface area (Å²) in [5.41, 5.74) is 7.15. The first kappa shape index (κ1) is 20.1. The Morgan fingerprint density at radius 2 is 2.15 bits per heavy atom. The number of nitrogens with two attached hydrogens (primary N) is 1. The number of hydrogen-bond donors (Lipinski definition) is 1. The molecule has 1 saturated heterocycles. The van der Waals surface area contributed by atoms with Crippen LogP contribution in [-0.2, 0) is 0 Å². The molecule has 0 bridgehead atoms. The van der Waals surface area contributed by atoms with E-state index in [1.165, 1.54) is 0 Å². The van der Waals surface area contributed by atoms with Crippen LogP contribution in [0.4, 0.5) is 0 Å². The average Bonchev–Trinajstić information content (AvgIpc) is 3.19. The van der Waals surface area contributed by atoms with Crippen LogP contribution in [0.2, 0.25) is 0 Å². The summed E-state index contributed by atoms with van der Waals surface area (Å²) in [6, 6.07) is 3.51. The van der Waals surface area contributed by atoms with Crippen LogP contribution in [0.5, 0.6) is 5.88 Å². The Bertz CT molecular complexity index is 763. The molecule has 0 radical (unpaired) electrons. The largest absolute Gasteiger partial charge is 0.477 e. The second kappa shape index (κ2) is 8.01. The molecular formula is C17H25ClN6O2. The molecule has 9 heteroatoms. The summed E-state index contributed by atoms with van der Waals surface area (Å²) in [6.45, 7) is 8.37. The summed E-state index contributed by atoms with van der Waals surface area (Å²) < 4.78 is 6.91. The van der Waals surface area contributed by atoms with Crippen LogP contribution in [0, 0.1) is 12.3 Å². The fourth-order valence-electron chi connectivity index (χ4n) is 3.04. The molecule has 2 N–H and O–H groups in total. The minimum atomic E-state index is -0.0141. The van der Waals surface area contributed by atoms with Gasteiger partial charge in [0.1, 0.15) is 0 Å². The summed E-state index contributed by atoms with van der Waals surface area (Å²) in [7, 11) is 0. The highest BCUT2D eigenvalue weighted by Gasteiger charge is 2.36. The molecule has 1 unspecified atom stereocenters. The Kier molecular flexibility index (Phi) is 6.20. The standard InChI is InChI=1S/C17H24N6O2.ClH/c1-4-25-15-6-5-14(20-21-15)23-12(2)13(9-19-23)16(24)22-8-7-17(3,10-18)11-22;/h5-6,9H,4,7-8,10-11,18H2,1-3H3;1H. The number of nitrogens with zero attached hydrogens (tertiary/aromatic N) is 5. The molecule has 1 aliphatic heterocycles. The van der Waals surface area contributed by atoms with Gasteiger partial charge >= 0.3 is 0 Å². The first-order chi connectivity index (χ1) is 12.0. The predicted octanol–water partition coefficient (Wildman–Crippen LogP) is 1.60. The number of halogens is 1. The van der Waals surface area contributed by atoms with E-state index in [4.69, 9.17) is 10.5 Å². The first-order valence-electron chi connectivity index (χ1n) is 8.48. The zero-order chi connectivity index (χ0) is 18.0. The fraction of sp³-hybridized carbons (Fsp3) is 0.529. The smallest absolute Gasteiger partial charge is 0.257 e. The summed E-state index contributed by atoms with van der Waals surface area (Å²) in [4.78, 5) is 14.7. The molecule has 2 aromatic heterocycles. The normalized spacial score (nSPS) is 19.3. The van der Waals surface area contributed by atoms with Crippen molar-refractivity contribution >= 4 is 18.3 Å². The van der Waals surface area contributed by atoms with E-state index in [1.807, 2.05) is 18.7 Å². The topological polar surface area (TPSA) is 99.2 Å². The molecule has 3 rings (SSSR count). The monoisotopic (exact) mass is 380 g/mol. The van der Waals surface area contributed by atoms with Crippen LogP contribution in [-0.4, -0.2) is 57.0 Å². The number of likely N-dealkylation sites (tertiary alicyclic amines) is 1. The SMILES string of the molecule is CCOc1ccc(-n2ncc(C(=O)N3CCC(C)(CN)C3)c2C)nn1.Cl. The first-order valence-corrected chi connectivity index (χ1v) is 8.48. The van der Waals surface area contributed by atoms with E-state index < -0.39 is 0 Å². The van der Waals surface area contributed by atoms with Crippen molar-refractivity contribution < 1.29 is 9.53 Å². The van der Waals surface area contributed by atoms with Gasteiger partial charge in [0.2, 0.25) is 5.88 Å². The number of ether oxygens (including phenoxy) is 1. The van der Waals surface area contributed by atoms with Gasteiger partial charge < -0.3 is 15.4 Å². The van der Waals surface area contributed by atoms with Crippen LogP contribution in [0.25, 0.3) is 5.82 Å². The van der Waals surface area contributed by atoms with Gasteiger partial charge in [-0.2, -0.15) is 5.10 Å². The third kappa shape index (κ3) is 3.81. The Hall–Kier alpha value is -2.19. The van der Waals surface area contributed by atoms with Gasteiger partial charge in [-0.05, 0) is 38.3 Å². The van der Waals surface area contributed by atoms with Crippen LogP contribution in [0.15, 0.2) is 18.3 Å². The van der Waals surface area contributed by atoms with Crippen LogP contribution >= 0.6 is 12.4 Å². The average molecular weight is 381 g/mol. The minimum absolute atomic E-state index is 0. The maximum Gasteiger partial charge on any atom is 0.257 e. The number of aromatic nitrogens is 4. The van der Waals surface area contributed by atoms with E-state index in [-0.39, 0.29) is 23.7 Å². The molecule has 1 atom stereocenters. The molecule has 2 aromatic rings. The second-order valence-corrected chi connectivity index (χ2v) is 6.71. The summed E-state index contributed by atoms with van der Waals surface area (Å²) >= 11 is 0. The molecule has 8 nitrogen and oxygen atoms in total. The number of rotatable bonds is 5. The van der Waals surface area contributed by atoms with Crippen LogP contribution in [0.1, 0.15) is 36.3 Å². The lowest BCUT2D eigenvalue weighted by Crippen LogP contribution is -2.34. The summed E-state index contributed by atoms with van der Waals surface area (Å²) in [5.74, 6) is 0.999.